The average Bonchev–Trinajstić information content (AvgIpc) is 2.84. The summed E-state index contributed by atoms with van der Waals surface area (Å²) in [4.78, 5) is 20.8. The van der Waals surface area contributed by atoms with Gasteiger partial charge in [0.15, 0.2) is 0 Å². The van der Waals surface area contributed by atoms with E-state index in [-0.39, 0.29) is 30.9 Å². The fraction of sp³-hybridized carbons (Fsp3) is 0.300. The molecule has 4 rings (SSSR count). The van der Waals surface area contributed by atoms with Crippen molar-refractivity contribution in [1.82, 2.24) is 4.98 Å². The Balaban J connectivity index is 1.71. The summed E-state index contributed by atoms with van der Waals surface area (Å²) in [6.45, 7) is -0.662. The zero-order valence-corrected chi connectivity index (χ0v) is 17.4. The van der Waals surface area contributed by atoms with E-state index in [1.807, 2.05) is 6.07 Å². The molecule has 0 saturated carbocycles. The van der Waals surface area contributed by atoms with E-state index in [2.05, 4.69) is 32.1 Å². The van der Waals surface area contributed by atoms with Crippen molar-refractivity contribution in [2.24, 2.45) is 4.99 Å². The molecule has 0 bridgehead atoms. The first-order valence-corrected chi connectivity index (χ1v) is 9.96. The van der Waals surface area contributed by atoms with Crippen LogP contribution in [0.1, 0.15) is 28.0 Å². The van der Waals surface area contributed by atoms with E-state index in [1.54, 1.807) is 12.1 Å². The Morgan fingerprint density at radius 1 is 1.30 bits per heavy atom. The van der Waals surface area contributed by atoms with Crippen molar-refractivity contribution in [2.75, 3.05) is 25.1 Å². The third-order valence-electron chi connectivity index (χ3n) is 4.97. The standard InChI is InChI=1S/C20H15AsF2N4O3/c21-17-10-29-11-20(22,23)19(27-17)5-6-30-16-4-2-13(7-14(16)19)26-18(28)15-3-1-12(8-24)9-25-15/h1-4,7,9H,5-6,10-11H2,(H,26,28)/t19-/m1/s1. The number of carbonyl (C=O) groups excluding carboxylic acids is 1. The Morgan fingerprint density at radius 2 is 2.13 bits per heavy atom. The first kappa shape index (κ1) is 20.5. The molecular formula is C20H15AsF2N4O3. The van der Waals surface area contributed by atoms with Gasteiger partial charge in [0.1, 0.15) is 6.07 Å². The third kappa shape index (κ3) is 3.57. The number of nitriles is 1. The number of rotatable bonds is 2. The summed E-state index contributed by atoms with van der Waals surface area (Å²) < 4.78 is 41.4. The van der Waals surface area contributed by atoms with Gasteiger partial charge >= 0.3 is 168 Å². The zero-order chi connectivity index (χ0) is 21.4. The maximum atomic E-state index is 15.2. The Morgan fingerprint density at radius 3 is 2.87 bits per heavy atom. The number of hydrogen-bond donors (Lipinski definition) is 1. The van der Waals surface area contributed by atoms with E-state index in [4.69, 9.17) is 14.7 Å². The predicted octanol–water partition coefficient (Wildman–Crippen LogP) is 2.42. The van der Waals surface area contributed by atoms with Gasteiger partial charge in [-0.05, 0) is 0 Å². The number of nitrogens with zero attached hydrogens (tertiary/aromatic N) is 3. The first-order valence-electron chi connectivity index (χ1n) is 9.03. The van der Waals surface area contributed by atoms with Gasteiger partial charge in [-0.1, -0.05) is 0 Å². The molecule has 0 unspecified atom stereocenters. The van der Waals surface area contributed by atoms with Crippen molar-refractivity contribution in [3.05, 3.63) is 53.3 Å². The van der Waals surface area contributed by atoms with Gasteiger partial charge in [-0.25, -0.2) is 0 Å². The van der Waals surface area contributed by atoms with Crippen LogP contribution in [0.5, 0.6) is 5.75 Å². The Hall–Kier alpha value is -2.82. The van der Waals surface area contributed by atoms with Gasteiger partial charge < -0.3 is 0 Å². The van der Waals surface area contributed by atoms with Crippen LogP contribution in [0.2, 0.25) is 0 Å². The third-order valence-corrected chi connectivity index (χ3v) is 5.45. The van der Waals surface area contributed by atoms with Crippen molar-refractivity contribution in [1.29, 1.82) is 5.26 Å². The van der Waals surface area contributed by atoms with Crippen LogP contribution in [0, 0.1) is 11.3 Å². The summed E-state index contributed by atoms with van der Waals surface area (Å²) in [6.07, 6.45) is 1.26. The number of nitrogens with one attached hydrogen (secondary N) is 1. The molecule has 2 radical (unpaired) electrons. The number of pyridine rings is 1. The molecular weight excluding hydrogens is 457 g/mol. The molecule has 1 atom stereocenters. The van der Waals surface area contributed by atoms with Gasteiger partial charge in [0.05, 0.1) is 0 Å². The van der Waals surface area contributed by atoms with Crippen molar-refractivity contribution >= 4 is 32.9 Å². The van der Waals surface area contributed by atoms with E-state index in [1.165, 1.54) is 24.4 Å². The molecule has 3 heterocycles. The van der Waals surface area contributed by atoms with Crippen molar-refractivity contribution in [2.45, 2.75) is 17.9 Å². The van der Waals surface area contributed by atoms with E-state index >= 15 is 8.78 Å². The monoisotopic (exact) mass is 472 g/mol. The summed E-state index contributed by atoms with van der Waals surface area (Å²) in [6, 6.07) is 9.38. The van der Waals surface area contributed by atoms with Gasteiger partial charge in [0.2, 0.25) is 0 Å². The normalized spacial score (nSPS) is 22.1. The zero-order valence-electron chi connectivity index (χ0n) is 15.6. The molecule has 0 fully saturated rings. The number of hydrogen-bond acceptors (Lipinski definition) is 6. The van der Waals surface area contributed by atoms with Crippen molar-refractivity contribution in [3.63, 3.8) is 0 Å². The molecule has 2 aliphatic rings. The van der Waals surface area contributed by atoms with Crippen LogP contribution < -0.4 is 10.1 Å². The second-order valence-electron chi connectivity index (χ2n) is 6.89. The van der Waals surface area contributed by atoms with E-state index in [9.17, 15) is 4.79 Å². The number of fused-ring (bicyclic) bond motifs is 2. The summed E-state index contributed by atoms with van der Waals surface area (Å²) in [5.74, 6) is -3.50. The number of carbonyl (C=O) groups is 1. The molecule has 1 amide bonds. The molecule has 1 aromatic carbocycles. The van der Waals surface area contributed by atoms with E-state index in [0.717, 1.165) is 0 Å². The molecule has 2 aromatic rings. The number of halogens is 2. The molecule has 7 nitrogen and oxygen atoms in total. The van der Waals surface area contributed by atoms with Crippen LogP contribution in [0.3, 0.4) is 0 Å². The van der Waals surface area contributed by atoms with Crippen LogP contribution in [0.4, 0.5) is 14.5 Å². The SMILES string of the molecule is N#Cc1ccc(C(=O)Nc2ccc3c(c2)[C@@]2(CCO3)N=C([As])COCC2(F)F)nc1. The van der Waals surface area contributed by atoms with Crippen LogP contribution in [0.25, 0.3) is 0 Å². The topological polar surface area (TPSA) is 96.6 Å². The van der Waals surface area contributed by atoms with E-state index < -0.39 is 24.0 Å². The van der Waals surface area contributed by atoms with E-state index in [0.29, 0.717) is 21.5 Å². The summed E-state index contributed by atoms with van der Waals surface area (Å²) in [5, 5.41) is 11.5. The number of ether oxygens (including phenoxy) is 2. The average molecular weight is 472 g/mol. The fourth-order valence-corrected chi connectivity index (χ4v) is 4.06. The number of anilines is 1. The number of aromatic nitrogens is 1. The molecule has 0 saturated heterocycles. The summed E-state index contributed by atoms with van der Waals surface area (Å²) in [7, 11) is 0. The predicted molar refractivity (Wildman–Crippen MR) is 104 cm³/mol. The van der Waals surface area contributed by atoms with Crippen LogP contribution in [0.15, 0.2) is 41.5 Å². The second kappa shape index (κ2) is 7.78. The van der Waals surface area contributed by atoms with Crippen LogP contribution in [-0.2, 0) is 10.3 Å². The minimum atomic E-state index is -3.26. The molecule has 152 valence electrons. The van der Waals surface area contributed by atoms with Crippen LogP contribution >= 0.6 is 0 Å². The minimum absolute atomic E-state index is 0.00825. The summed E-state index contributed by atoms with van der Waals surface area (Å²) >= 11 is 2.17. The number of amides is 1. The Bertz CT molecular complexity index is 1070. The van der Waals surface area contributed by atoms with Gasteiger partial charge in [0, 0.05) is 0 Å². The van der Waals surface area contributed by atoms with Crippen molar-refractivity contribution < 1.29 is 23.0 Å². The molecule has 1 spiro atoms. The van der Waals surface area contributed by atoms with Gasteiger partial charge in [0.25, 0.3) is 0 Å². The van der Waals surface area contributed by atoms with Gasteiger partial charge in [-0.2, -0.15) is 5.26 Å². The number of aliphatic imine (C=N–C) groups is 1. The fourth-order valence-electron chi connectivity index (χ4n) is 3.51. The number of benzene rings is 1. The van der Waals surface area contributed by atoms with Crippen molar-refractivity contribution in [3.8, 4) is 11.8 Å². The Labute approximate surface area is 179 Å². The molecule has 10 heteroatoms. The number of alkyl halides is 2. The van der Waals surface area contributed by atoms with Gasteiger partial charge in [-0.3, -0.25) is 0 Å². The molecule has 1 aromatic heterocycles. The maximum absolute atomic E-state index is 15.2. The molecule has 2 aliphatic heterocycles. The summed E-state index contributed by atoms with van der Waals surface area (Å²) in [5.41, 5.74) is -0.926. The molecule has 30 heavy (non-hydrogen) atoms. The first-order chi connectivity index (χ1) is 14.3. The quantitative estimate of drug-likeness (QED) is 0.678. The Kier molecular flexibility index (Phi) is 5.31. The molecule has 1 N–H and O–H groups in total. The van der Waals surface area contributed by atoms with Gasteiger partial charge in [-0.15, -0.1) is 0 Å². The molecule has 0 aliphatic carbocycles. The van der Waals surface area contributed by atoms with Crippen LogP contribution in [-0.4, -0.2) is 58.0 Å². The second-order valence-corrected chi connectivity index (χ2v) is 7.98.